The molecule has 2 aliphatic heterocycles. The van der Waals surface area contributed by atoms with E-state index in [9.17, 15) is 9.59 Å². The summed E-state index contributed by atoms with van der Waals surface area (Å²) in [6.07, 6.45) is 2.55. The third-order valence-electron chi connectivity index (χ3n) is 5.25. The molecule has 0 bridgehead atoms. The molecule has 4 N–H and O–H groups in total. The lowest BCUT2D eigenvalue weighted by molar-refractivity contribution is -0.115. The first-order chi connectivity index (χ1) is 14.0. The molecule has 1 saturated heterocycles. The number of rotatable bonds is 5. The molecule has 9 nitrogen and oxygen atoms in total. The van der Waals surface area contributed by atoms with Crippen LogP contribution in [-0.4, -0.2) is 53.4 Å². The first kappa shape index (κ1) is 19.1. The average Bonchev–Trinajstić information content (AvgIpc) is 3.22. The number of hydrogen-bond donors (Lipinski definition) is 3. The number of anilines is 3. The fourth-order valence-corrected chi connectivity index (χ4v) is 3.76. The molecule has 3 heterocycles. The lowest BCUT2D eigenvalue weighted by Gasteiger charge is -2.30. The maximum atomic E-state index is 12.2. The van der Waals surface area contributed by atoms with Gasteiger partial charge in [-0.1, -0.05) is 24.3 Å². The van der Waals surface area contributed by atoms with E-state index in [1.165, 1.54) is 25.5 Å². The minimum absolute atomic E-state index is 0.0224. The number of nitrogens with two attached hydrogens (primary N) is 1. The molecule has 9 heteroatoms. The average molecular weight is 395 g/mol. The van der Waals surface area contributed by atoms with Gasteiger partial charge in [-0.05, 0) is 37.1 Å². The fourth-order valence-electron chi connectivity index (χ4n) is 3.76. The SMILES string of the molecule is CNC(=O)c1nc(N)c2c(n1)N(Cc1ccc(CN3CCCC3)cc1)CC(=O)N2. The van der Waals surface area contributed by atoms with Gasteiger partial charge in [0.15, 0.2) is 11.6 Å². The van der Waals surface area contributed by atoms with Crippen molar-refractivity contribution in [1.29, 1.82) is 0 Å². The van der Waals surface area contributed by atoms with Crippen LogP contribution in [0.2, 0.25) is 0 Å². The Balaban J connectivity index is 1.55. The number of amides is 2. The Kier molecular flexibility index (Phi) is 5.30. The molecule has 2 aliphatic rings. The molecule has 152 valence electrons. The molecular formula is C20H25N7O2. The molecule has 4 rings (SSSR count). The number of aromatic nitrogens is 2. The van der Waals surface area contributed by atoms with Crippen LogP contribution in [0, 0.1) is 0 Å². The molecule has 1 aromatic carbocycles. The number of nitrogens with zero attached hydrogens (tertiary/aromatic N) is 4. The second-order valence-corrected chi connectivity index (χ2v) is 7.41. The highest BCUT2D eigenvalue weighted by molar-refractivity contribution is 6.04. The van der Waals surface area contributed by atoms with Crippen LogP contribution >= 0.6 is 0 Å². The lowest BCUT2D eigenvalue weighted by atomic mass is 10.1. The van der Waals surface area contributed by atoms with Crippen LogP contribution in [0.1, 0.15) is 34.6 Å². The third-order valence-corrected chi connectivity index (χ3v) is 5.25. The van der Waals surface area contributed by atoms with Crippen molar-refractivity contribution < 1.29 is 9.59 Å². The first-order valence-electron chi connectivity index (χ1n) is 9.78. The molecule has 1 fully saturated rings. The highest BCUT2D eigenvalue weighted by Gasteiger charge is 2.28. The summed E-state index contributed by atoms with van der Waals surface area (Å²) in [5.41, 5.74) is 8.65. The van der Waals surface area contributed by atoms with E-state index in [0.29, 0.717) is 18.1 Å². The van der Waals surface area contributed by atoms with Crippen molar-refractivity contribution in [3.63, 3.8) is 0 Å². The van der Waals surface area contributed by atoms with Gasteiger partial charge in [0.1, 0.15) is 5.69 Å². The van der Waals surface area contributed by atoms with Crippen molar-refractivity contribution >= 4 is 29.1 Å². The van der Waals surface area contributed by atoms with Crippen LogP contribution in [0.3, 0.4) is 0 Å². The monoisotopic (exact) mass is 395 g/mol. The van der Waals surface area contributed by atoms with E-state index >= 15 is 0 Å². The molecule has 0 radical (unpaired) electrons. The molecule has 0 unspecified atom stereocenters. The fraction of sp³-hybridized carbons (Fsp3) is 0.400. The third kappa shape index (κ3) is 4.14. The number of likely N-dealkylation sites (tertiary alicyclic amines) is 1. The summed E-state index contributed by atoms with van der Waals surface area (Å²) in [6.45, 7) is 3.90. The van der Waals surface area contributed by atoms with Gasteiger partial charge in [0.25, 0.3) is 5.91 Å². The van der Waals surface area contributed by atoms with Crippen LogP contribution in [0.25, 0.3) is 0 Å². The molecule has 0 aliphatic carbocycles. The lowest BCUT2D eigenvalue weighted by Crippen LogP contribution is -2.39. The molecule has 2 aromatic rings. The van der Waals surface area contributed by atoms with E-state index in [-0.39, 0.29) is 24.1 Å². The number of carbonyl (C=O) groups is 2. The van der Waals surface area contributed by atoms with Crippen LogP contribution in [-0.2, 0) is 17.9 Å². The normalized spacial score (nSPS) is 16.4. The van der Waals surface area contributed by atoms with Gasteiger partial charge < -0.3 is 21.3 Å². The van der Waals surface area contributed by atoms with E-state index in [1.54, 1.807) is 0 Å². The molecule has 29 heavy (non-hydrogen) atoms. The Morgan fingerprint density at radius 1 is 1.14 bits per heavy atom. The van der Waals surface area contributed by atoms with E-state index in [2.05, 4.69) is 49.8 Å². The van der Waals surface area contributed by atoms with E-state index in [1.807, 2.05) is 4.90 Å². The molecule has 1 aromatic heterocycles. The first-order valence-corrected chi connectivity index (χ1v) is 9.78. The molecular weight excluding hydrogens is 370 g/mol. The van der Waals surface area contributed by atoms with E-state index < -0.39 is 5.91 Å². The van der Waals surface area contributed by atoms with Crippen molar-refractivity contribution in [3.8, 4) is 0 Å². The summed E-state index contributed by atoms with van der Waals surface area (Å²) < 4.78 is 0. The van der Waals surface area contributed by atoms with Gasteiger partial charge in [-0.15, -0.1) is 0 Å². The Hall–Kier alpha value is -3.20. The van der Waals surface area contributed by atoms with Gasteiger partial charge in [0, 0.05) is 20.1 Å². The smallest absolute Gasteiger partial charge is 0.288 e. The highest BCUT2D eigenvalue weighted by atomic mass is 16.2. The summed E-state index contributed by atoms with van der Waals surface area (Å²) in [4.78, 5) is 36.7. The number of carbonyl (C=O) groups excluding carboxylic acids is 2. The number of fused-ring (bicyclic) bond motifs is 1. The number of nitrogens with one attached hydrogen (secondary N) is 2. The number of nitrogen functional groups attached to an aromatic ring is 1. The quantitative estimate of drug-likeness (QED) is 0.691. The molecule has 0 atom stereocenters. The Bertz CT molecular complexity index is 923. The second kappa shape index (κ2) is 8.04. The number of hydrogen-bond acceptors (Lipinski definition) is 7. The van der Waals surface area contributed by atoms with Crippen molar-refractivity contribution in [2.75, 3.05) is 42.6 Å². The molecule has 0 saturated carbocycles. The number of benzene rings is 1. The predicted octanol–water partition coefficient (Wildman–Crippen LogP) is 0.973. The van der Waals surface area contributed by atoms with Crippen molar-refractivity contribution in [1.82, 2.24) is 20.2 Å². The zero-order chi connectivity index (χ0) is 20.4. The minimum atomic E-state index is -0.428. The molecule has 2 amide bonds. The van der Waals surface area contributed by atoms with E-state index in [4.69, 9.17) is 5.73 Å². The van der Waals surface area contributed by atoms with Crippen LogP contribution < -0.4 is 21.3 Å². The zero-order valence-corrected chi connectivity index (χ0v) is 16.4. The van der Waals surface area contributed by atoms with Crippen LogP contribution in [0.4, 0.5) is 17.3 Å². The van der Waals surface area contributed by atoms with Crippen LogP contribution in [0.5, 0.6) is 0 Å². The van der Waals surface area contributed by atoms with Gasteiger partial charge in [-0.2, -0.15) is 0 Å². The standard InChI is InChI=1S/C20H25N7O2/c1-22-20(29)18-24-17(21)16-19(25-18)27(12-15(28)23-16)11-14-6-4-13(5-7-14)10-26-8-2-3-9-26/h4-7H,2-3,8-12H2,1H3,(H,22,29)(H,23,28)(H2,21,24,25). The van der Waals surface area contributed by atoms with Gasteiger partial charge in [0.05, 0.1) is 6.54 Å². The summed E-state index contributed by atoms with van der Waals surface area (Å²) in [5, 5.41) is 5.20. The zero-order valence-electron chi connectivity index (χ0n) is 16.4. The van der Waals surface area contributed by atoms with Gasteiger partial charge in [0.2, 0.25) is 11.7 Å². The maximum Gasteiger partial charge on any atom is 0.288 e. The summed E-state index contributed by atoms with van der Waals surface area (Å²) >= 11 is 0. The predicted molar refractivity (Wildman–Crippen MR) is 110 cm³/mol. The molecule has 0 spiro atoms. The minimum Gasteiger partial charge on any atom is -0.382 e. The van der Waals surface area contributed by atoms with Crippen molar-refractivity contribution in [2.45, 2.75) is 25.9 Å². The van der Waals surface area contributed by atoms with Gasteiger partial charge >= 0.3 is 0 Å². The topological polar surface area (TPSA) is 116 Å². The Morgan fingerprint density at radius 2 is 1.79 bits per heavy atom. The van der Waals surface area contributed by atoms with Gasteiger partial charge in [-0.25, -0.2) is 9.97 Å². The van der Waals surface area contributed by atoms with Crippen molar-refractivity contribution in [2.24, 2.45) is 0 Å². The summed E-state index contributed by atoms with van der Waals surface area (Å²) in [5.74, 6) is -0.107. The summed E-state index contributed by atoms with van der Waals surface area (Å²) in [6, 6.07) is 8.40. The highest BCUT2D eigenvalue weighted by Crippen LogP contribution is 2.32. The Morgan fingerprint density at radius 3 is 2.45 bits per heavy atom. The summed E-state index contributed by atoms with van der Waals surface area (Å²) in [7, 11) is 1.50. The second-order valence-electron chi connectivity index (χ2n) is 7.41. The van der Waals surface area contributed by atoms with Gasteiger partial charge in [-0.3, -0.25) is 14.5 Å². The van der Waals surface area contributed by atoms with Crippen molar-refractivity contribution in [3.05, 3.63) is 41.2 Å². The maximum absolute atomic E-state index is 12.2. The Labute approximate surface area is 169 Å². The van der Waals surface area contributed by atoms with E-state index in [0.717, 1.165) is 25.2 Å². The van der Waals surface area contributed by atoms with Crippen LogP contribution in [0.15, 0.2) is 24.3 Å². The largest absolute Gasteiger partial charge is 0.382 e.